The molecule has 1 aromatic heterocycles. The lowest BCUT2D eigenvalue weighted by Gasteiger charge is -2.07. The molecule has 4 nitrogen and oxygen atoms in total. The van der Waals surface area contributed by atoms with Crippen LogP contribution in [0.4, 0.5) is 5.69 Å². The maximum Gasteiger partial charge on any atom is 0.247 e. The van der Waals surface area contributed by atoms with Gasteiger partial charge in [0, 0.05) is 0 Å². The van der Waals surface area contributed by atoms with Crippen molar-refractivity contribution in [1.82, 2.24) is 9.97 Å². The van der Waals surface area contributed by atoms with Crippen LogP contribution in [0.5, 0.6) is 11.6 Å². The Hall–Kier alpha value is -2.54. The Balaban J connectivity index is 2.33. The molecule has 0 amide bonds. The zero-order chi connectivity index (χ0) is 12.1. The molecular weight excluding hydrogens is 214 g/mol. The molecule has 0 aliphatic heterocycles. The van der Waals surface area contributed by atoms with E-state index in [0.717, 1.165) is 0 Å². The molecule has 4 heteroatoms. The standard InChI is InChI=1S/C13H11N3O/c1-2-6-11-12(14)13(16-9-15-11)17-10-7-4-3-5-8-10/h3-5,7-9H,14H2,1H3. The molecule has 2 aromatic rings. The van der Waals surface area contributed by atoms with Gasteiger partial charge in [0.2, 0.25) is 5.88 Å². The molecule has 0 aliphatic rings. The van der Waals surface area contributed by atoms with Gasteiger partial charge < -0.3 is 10.5 Å². The van der Waals surface area contributed by atoms with Crippen molar-refractivity contribution in [2.45, 2.75) is 6.92 Å². The van der Waals surface area contributed by atoms with Gasteiger partial charge in [-0.25, -0.2) is 4.98 Å². The van der Waals surface area contributed by atoms with E-state index >= 15 is 0 Å². The average molecular weight is 225 g/mol. The van der Waals surface area contributed by atoms with Gasteiger partial charge in [0.1, 0.15) is 23.5 Å². The summed E-state index contributed by atoms with van der Waals surface area (Å²) in [5.41, 5.74) is 6.70. The van der Waals surface area contributed by atoms with Crippen molar-refractivity contribution in [2.24, 2.45) is 0 Å². The number of nitrogens with zero attached hydrogens (tertiary/aromatic N) is 2. The van der Waals surface area contributed by atoms with Crippen LogP contribution >= 0.6 is 0 Å². The topological polar surface area (TPSA) is 61.0 Å². The van der Waals surface area contributed by atoms with E-state index in [4.69, 9.17) is 10.5 Å². The second kappa shape index (κ2) is 4.99. The van der Waals surface area contributed by atoms with Crippen molar-refractivity contribution >= 4 is 5.69 Å². The Morgan fingerprint density at radius 2 is 1.94 bits per heavy atom. The fraction of sp³-hybridized carbons (Fsp3) is 0.0769. The summed E-state index contributed by atoms with van der Waals surface area (Å²) < 4.78 is 5.55. The van der Waals surface area contributed by atoms with Crippen LogP contribution in [-0.4, -0.2) is 9.97 Å². The Labute approximate surface area is 99.5 Å². The minimum absolute atomic E-state index is 0.323. The average Bonchev–Trinajstić information content (AvgIpc) is 2.36. The molecule has 1 aromatic carbocycles. The Bertz CT molecular complexity index is 570. The highest BCUT2D eigenvalue weighted by Crippen LogP contribution is 2.25. The summed E-state index contributed by atoms with van der Waals surface area (Å²) in [6.07, 6.45) is 1.38. The Kier molecular flexibility index (Phi) is 3.22. The van der Waals surface area contributed by atoms with Crippen LogP contribution in [-0.2, 0) is 0 Å². The number of benzene rings is 1. The molecule has 0 saturated carbocycles. The third-order valence-electron chi connectivity index (χ3n) is 2.05. The number of nitrogen functional groups attached to an aromatic ring is 1. The lowest BCUT2D eigenvalue weighted by Crippen LogP contribution is -2.00. The number of anilines is 1. The largest absolute Gasteiger partial charge is 0.437 e. The van der Waals surface area contributed by atoms with Crippen LogP contribution in [0.3, 0.4) is 0 Å². The quantitative estimate of drug-likeness (QED) is 0.796. The molecular formula is C13H11N3O. The number of rotatable bonds is 2. The minimum atomic E-state index is 0.323. The van der Waals surface area contributed by atoms with Crippen molar-refractivity contribution in [3.05, 3.63) is 42.4 Å². The van der Waals surface area contributed by atoms with Gasteiger partial charge in [-0.2, -0.15) is 4.98 Å². The highest BCUT2D eigenvalue weighted by atomic mass is 16.5. The number of nitrogens with two attached hydrogens (primary N) is 1. The van der Waals surface area contributed by atoms with Gasteiger partial charge in [0.15, 0.2) is 0 Å². The van der Waals surface area contributed by atoms with E-state index in [0.29, 0.717) is 23.0 Å². The van der Waals surface area contributed by atoms with Crippen LogP contribution < -0.4 is 10.5 Å². The zero-order valence-corrected chi connectivity index (χ0v) is 9.34. The molecule has 0 fully saturated rings. The second-order valence-electron chi connectivity index (χ2n) is 3.23. The third kappa shape index (κ3) is 2.52. The van der Waals surface area contributed by atoms with Crippen molar-refractivity contribution in [1.29, 1.82) is 0 Å². The molecule has 17 heavy (non-hydrogen) atoms. The van der Waals surface area contributed by atoms with E-state index < -0.39 is 0 Å². The molecule has 84 valence electrons. The summed E-state index contributed by atoms with van der Waals surface area (Å²) in [5, 5.41) is 0. The lowest BCUT2D eigenvalue weighted by molar-refractivity contribution is 0.464. The molecule has 0 spiro atoms. The smallest absolute Gasteiger partial charge is 0.247 e. The van der Waals surface area contributed by atoms with E-state index in [1.54, 1.807) is 6.92 Å². The molecule has 0 radical (unpaired) electrons. The first-order valence-corrected chi connectivity index (χ1v) is 5.07. The highest BCUT2D eigenvalue weighted by Gasteiger charge is 2.08. The predicted octanol–water partition coefficient (Wildman–Crippen LogP) is 2.22. The molecule has 1 heterocycles. The molecule has 0 atom stereocenters. The second-order valence-corrected chi connectivity index (χ2v) is 3.23. The predicted molar refractivity (Wildman–Crippen MR) is 65.5 cm³/mol. The van der Waals surface area contributed by atoms with Gasteiger partial charge in [-0.15, -0.1) is 0 Å². The van der Waals surface area contributed by atoms with Gasteiger partial charge in [0.25, 0.3) is 0 Å². The monoisotopic (exact) mass is 225 g/mol. The van der Waals surface area contributed by atoms with Crippen molar-refractivity contribution < 1.29 is 4.74 Å². The fourth-order valence-corrected chi connectivity index (χ4v) is 1.28. The first-order valence-electron chi connectivity index (χ1n) is 5.07. The molecule has 0 aliphatic carbocycles. The summed E-state index contributed by atoms with van der Waals surface area (Å²) in [5.74, 6) is 6.53. The molecule has 0 unspecified atom stereocenters. The third-order valence-corrected chi connectivity index (χ3v) is 2.05. The first-order chi connectivity index (χ1) is 8.31. The van der Waals surface area contributed by atoms with Crippen LogP contribution in [0.25, 0.3) is 0 Å². The normalized spacial score (nSPS) is 9.24. The van der Waals surface area contributed by atoms with Crippen LogP contribution in [0.1, 0.15) is 12.6 Å². The minimum Gasteiger partial charge on any atom is -0.437 e. The summed E-state index contributed by atoms with van der Waals surface area (Å²) in [6, 6.07) is 9.31. The van der Waals surface area contributed by atoms with Gasteiger partial charge >= 0.3 is 0 Å². The molecule has 2 N–H and O–H groups in total. The highest BCUT2D eigenvalue weighted by molar-refractivity contribution is 5.58. The number of hydrogen-bond acceptors (Lipinski definition) is 4. The van der Waals surface area contributed by atoms with Gasteiger partial charge in [-0.1, -0.05) is 24.1 Å². The Morgan fingerprint density at radius 1 is 1.18 bits per heavy atom. The summed E-state index contributed by atoms with van der Waals surface area (Å²) in [4.78, 5) is 7.97. The van der Waals surface area contributed by atoms with Crippen molar-refractivity contribution in [2.75, 3.05) is 5.73 Å². The number of hydrogen-bond donors (Lipinski definition) is 1. The number of ether oxygens (including phenoxy) is 1. The molecule has 0 bridgehead atoms. The lowest BCUT2D eigenvalue weighted by atomic mass is 10.3. The number of para-hydroxylation sites is 1. The van der Waals surface area contributed by atoms with Crippen LogP contribution in [0.2, 0.25) is 0 Å². The maximum absolute atomic E-state index is 5.86. The maximum atomic E-state index is 5.86. The Morgan fingerprint density at radius 3 is 2.65 bits per heavy atom. The van der Waals surface area contributed by atoms with Crippen molar-refractivity contribution in [3.8, 4) is 23.5 Å². The van der Waals surface area contributed by atoms with E-state index in [2.05, 4.69) is 21.8 Å². The molecule has 0 saturated heterocycles. The molecule has 2 rings (SSSR count). The van der Waals surface area contributed by atoms with E-state index in [-0.39, 0.29) is 0 Å². The van der Waals surface area contributed by atoms with Gasteiger partial charge in [0.05, 0.1) is 0 Å². The summed E-state index contributed by atoms with van der Waals surface area (Å²) in [6.45, 7) is 1.72. The van der Waals surface area contributed by atoms with Gasteiger partial charge in [-0.3, -0.25) is 0 Å². The van der Waals surface area contributed by atoms with E-state index in [9.17, 15) is 0 Å². The fourth-order valence-electron chi connectivity index (χ4n) is 1.28. The van der Waals surface area contributed by atoms with E-state index in [1.807, 2.05) is 30.3 Å². The van der Waals surface area contributed by atoms with Crippen LogP contribution in [0.15, 0.2) is 36.7 Å². The van der Waals surface area contributed by atoms with Crippen molar-refractivity contribution in [3.63, 3.8) is 0 Å². The zero-order valence-electron chi connectivity index (χ0n) is 9.34. The number of aromatic nitrogens is 2. The van der Waals surface area contributed by atoms with Crippen LogP contribution in [0, 0.1) is 11.8 Å². The summed E-state index contributed by atoms with van der Waals surface area (Å²) in [7, 11) is 0. The van der Waals surface area contributed by atoms with E-state index in [1.165, 1.54) is 6.33 Å². The first kappa shape index (κ1) is 11.0. The van der Waals surface area contributed by atoms with Gasteiger partial charge in [-0.05, 0) is 25.0 Å². The summed E-state index contributed by atoms with van der Waals surface area (Å²) >= 11 is 0. The SMILES string of the molecule is CC#Cc1ncnc(Oc2ccccc2)c1N.